The van der Waals surface area contributed by atoms with Crippen LogP contribution in [-0.2, 0) is 0 Å². The van der Waals surface area contributed by atoms with E-state index < -0.39 is 0 Å². The lowest BCUT2D eigenvalue weighted by molar-refractivity contribution is 0.414. The number of ether oxygens (including phenoxy) is 1. The molecular formula is C12H17FN2O. The Morgan fingerprint density at radius 2 is 2.44 bits per heavy atom. The molecule has 1 aromatic carbocycles. The van der Waals surface area contributed by atoms with Crippen molar-refractivity contribution in [2.75, 3.05) is 25.5 Å². The molecule has 1 aliphatic heterocycles. The van der Waals surface area contributed by atoms with Gasteiger partial charge in [0.25, 0.3) is 0 Å². The third kappa shape index (κ3) is 2.64. The summed E-state index contributed by atoms with van der Waals surface area (Å²) in [5.74, 6) is 0.432. The van der Waals surface area contributed by atoms with Gasteiger partial charge in [0.15, 0.2) is 0 Å². The fraction of sp³-hybridized carbons (Fsp3) is 0.500. The molecule has 0 amide bonds. The summed E-state index contributed by atoms with van der Waals surface area (Å²) in [7, 11) is 1.58. The highest BCUT2D eigenvalue weighted by Gasteiger charge is 2.14. The number of hydrogen-bond acceptors (Lipinski definition) is 3. The van der Waals surface area contributed by atoms with Crippen LogP contribution in [0.2, 0.25) is 0 Å². The average Bonchev–Trinajstić information content (AvgIpc) is 2.81. The van der Waals surface area contributed by atoms with Gasteiger partial charge in [0.05, 0.1) is 12.8 Å². The Hall–Kier alpha value is -1.29. The molecule has 4 heteroatoms. The second-order valence-corrected chi connectivity index (χ2v) is 4.02. The van der Waals surface area contributed by atoms with Crippen LogP contribution in [0.1, 0.15) is 12.8 Å². The molecule has 0 aliphatic carbocycles. The Bertz CT molecular complexity index is 351. The molecule has 1 saturated heterocycles. The summed E-state index contributed by atoms with van der Waals surface area (Å²) in [6.07, 6.45) is 2.35. The molecular weight excluding hydrogens is 207 g/mol. The molecule has 0 radical (unpaired) electrons. The van der Waals surface area contributed by atoms with E-state index >= 15 is 0 Å². The summed E-state index contributed by atoms with van der Waals surface area (Å²) in [5, 5.41) is 6.47. The van der Waals surface area contributed by atoms with Crippen LogP contribution in [0, 0.1) is 5.82 Å². The lowest BCUT2D eigenvalue weighted by Gasteiger charge is -2.13. The molecule has 1 aliphatic rings. The van der Waals surface area contributed by atoms with Gasteiger partial charge < -0.3 is 15.4 Å². The molecule has 1 fully saturated rings. The number of nitrogens with one attached hydrogen (secondary N) is 2. The van der Waals surface area contributed by atoms with Crippen molar-refractivity contribution in [2.24, 2.45) is 0 Å². The van der Waals surface area contributed by atoms with Crippen molar-refractivity contribution in [3.05, 3.63) is 24.0 Å². The molecule has 1 heterocycles. The zero-order chi connectivity index (χ0) is 11.4. The Morgan fingerprint density at radius 1 is 1.56 bits per heavy atom. The van der Waals surface area contributed by atoms with Crippen molar-refractivity contribution in [1.29, 1.82) is 0 Å². The topological polar surface area (TPSA) is 33.3 Å². The van der Waals surface area contributed by atoms with E-state index in [4.69, 9.17) is 4.74 Å². The maximum Gasteiger partial charge on any atom is 0.146 e. The Balaban J connectivity index is 1.96. The molecule has 1 aromatic rings. The van der Waals surface area contributed by atoms with Gasteiger partial charge in [-0.3, -0.25) is 0 Å². The van der Waals surface area contributed by atoms with E-state index in [1.54, 1.807) is 19.2 Å². The zero-order valence-corrected chi connectivity index (χ0v) is 9.42. The largest absolute Gasteiger partial charge is 0.497 e. The van der Waals surface area contributed by atoms with Gasteiger partial charge in [0.1, 0.15) is 11.6 Å². The molecule has 0 spiro atoms. The molecule has 1 unspecified atom stereocenters. The maximum atomic E-state index is 13.4. The van der Waals surface area contributed by atoms with Crippen LogP contribution in [0.5, 0.6) is 5.75 Å². The van der Waals surface area contributed by atoms with E-state index in [1.807, 2.05) is 0 Å². The number of halogens is 1. The Kier molecular flexibility index (Phi) is 3.62. The van der Waals surface area contributed by atoms with Gasteiger partial charge in [-0.05, 0) is 31.5 Å². The monoisotopic (exact) mass is 224 g/mol. The van der Waals surface area contributed by atoms with Crippen molar-refractivity contribution in [3.63, 3.8) is 0 Å². The van der Waals surface area contributed by atoms with Crippen LogP contribution >= 0.6 is 0 Å². The maximum absolute atomic E-state index is 13.4. The minimum Gasteiger partial charge on any atom is -0.497 e. The van der Waals surface area contributed by atoms with Crippen LogP contribution in [-0.4, -0.2) is 26.2 Å². The molecule has 2 rings (SSSR count). The molecule has 1 atom stereocenters. The zero-order valence-electron chi connectivity index (χ0n) is 9.42. The molecule has 88 valence electrons. The van der Waals surface area contributed by atoms with Gasteiger partial charge in [-0.1, -0.05) is 0 Å². The predicted octanol–water partition coefficient (Wildman–Crippen LogP) is 2.00. The third-order valence-electron chi connectivity index (χ3n) is 2.87. The lowest BCUT2D eigenvalue weighted by atomic mass is 10.2. The SMILES string of the molecule is COc1ccc(F)c(NCC2CCCN2)c1. The van der Waals surface area contributed by atoms with Gasteiger partial charge in [-0.2, -0.15) is 0 Å². The first-order valence-electron chi connectivity index (χ1n) is 5.60. The fourth-order valence-corrected chi connectivity index (χ4v) is 1.93. The van der Waals surface area contributed by atoms with Gasteiger partial charge in [-0.25, -0.2) is 4.39 Å². The normalized spacial score (nSPS) is 19.8. The highest BCUT2D eigenvalue weighted by Crippen LogP contribution is 2.21. The van der Waals surface area contributed by atoms with Crippen LogP contribution in [0.15, 0.2) is 18.2 Å². The summed E-state index contributed by atoms with van der Waals surface area (Å²) >= 11 is 0. The van der Waals surface area contributed by atoms with Crippen molar-refractivity contribution in [3.8, 4) is 5.75 Å². The van der Waals surface area contributed by atoms with Crippen LogP contribution in [0.25, 0.3) is 0 Å². The standard InChI is InChI=1S/C12H17FN2O/c1-16-10-4-5-11(13)12(7-10)15-8-9-3-2-6-14-9/h4-5,7,9,14-15H,2-3,6,8H2,1H3. The lowest BCUT2D eigenvalue weighted by Crippen LogP contribution is -2.29. The van der Waals surface area contributed by atoms with Crippen molar-refractivity contribution in [1.82, 2.24) is 5.32 Å². The molecule has 0 bridgehead atoms. The molecule has 0 saturated carbocycles. The van der Waals surface area contributed by atoms with Gasteiger partial charge >= 0.3 is 0 Å². The average molecular weight is 224 g/mol. The first-order chi connectivity index (χ1) is 7.79. The van der Waals surface area contributed by atoms with Crippen LogP contribution < -0.4 is 15.4 Å². The van der Waals surface area contributed by atoms with E-state index in [0.717, 1.165) is 19.5 Å². The number of benzene rings is 1. The van der Waals surface area contributed by atoms with E-state index in [9.17, 15) is 4.39 Å². The van der Waals surface area contributed by atoms with Gasteiger partial charge in [0, 0.05) is 18.7 Å². The first kappa shape index (κ1) is 11.2. The second-order valence-electron chi connectivity index (χ2n) is 4.02. The summed E-state index contributed by atoms with van der Waals surface area (Å²) in [6.45, 7) is 1.82. The highest BCUT2D eigenvalue weighted by atomic mass is 19.1. The van der Waals surface area contributed by atoms with Gasteiger partial charge in [-0.15, -0.1) is 0 Å². The molecule has 2 N–H and O–H groups in total. The van der Waals surface area contributed by atoms with Crippen LogP contribution in [0.4, 0.5) is 10.1 Å². The minimum absolute atomic E-state index is 0.237. The smallest absolute Gasteiger partial charge is 0.146 e. The van der Waals surface area contributed by atoms with E-state index in [1.165, 1.54) is 12.5 Å². The number of anilines is 1. The quantitative estimate of drug-likeness (QED) is 0.820. The van der Waals surface area contributed by atoms with E-state index in [0.29, 0.717) is 17.5 Å². The molecule has 0 aromatic heterocycles. The number of hydrogen-bond donors (Lipinski definition) is 2. The second kappa shape index (κ2) is 5.16. The van der Waals surface area contributed by atoms with E-state index in [2.05, 4.69) is 10.6 Å². The van der Waals surface area contributed by atoms with Crippen molar-refractivity contribution >= 4 is 5.69 Å². The first-order valence-corrected chi connectivity index (χ1v) is 5.60. The summed E-state index contributed by atoms with van der Waals surface area (Å²) < 4.78 is 18.5. The van der Waals surface area contributed by atoms with Crippen molar-refractivity contribution in [2.45, 2.75) is 18.9 Å². The third-order valence-corrected chi connectivity index (χ3v) is 2.87. The summed E-state index contributed by atoms with van der Waals surface area (Å²) in [6, 6.07) is 5.17. The van der Waals surface area contributed by atoms with Crippen LogP contribution in [0.3, 0.4) is 0 Å². The highest BCUT2D eigenvalue weighted by molar-refractivity contribution is 5.49. The number of rotatable bonds is 4. The summed E-state index contributed by atoms with van der Waals surface area (Å²) in [5.41, 5.74) is 0.507. The minimum atomic E-state index is -0.237. The Morgan fingerprint density at radius 3 is 3.12 bits per heavy atom. The molecule has 16 heavy (non-hydrogen) atoms. The van der Waals surface area contributed by atoms with Crippen molar-refractivity contribution < 1.29 is 9.13 Å². The Labute approximate surface area is 95.0 Å². The van der Waals surface area contributed by atoms with E-state index in [-0.39, 0.29) is 5.82 Å². The molecule has 3 nitrogen and oxygen atoms in total. The van der Waals surface area contributed by atoms with Gasteiger partial charge in [0.2, 0.25) is 0 Å². The fourth-order valence-electron chi connectivity index (χ4n) is 1.93. The predicted molar refractivity (Wildman–Crippen MR) is 62.5 cm³/mol. The summed E-state index contributed by atoms with van der Waals surface area (Å²) in [4.78, 5) is 0. The number of methoxy groups -OCH3 is 1.